The van der Waals surface area contributed by atoms with Gasteiger partial charge < -0.3 is 5.73 Å². The second-order valence-electron chi connectivity index (χ2n) is 3.43. The highest BCUT2D eigenvalue weighted by Gasteiger charge is 2.04. The van der Waals surface area contributed by atoms with Crippen molar-refractivity contribution in [1.82, 2.24) is 0 Å². The van der Waals surface area contributed by atoms with Crippen molar-refractivity contribution in [2.24, 2.45) is 10.7 Å². The fourth-order valence-electron chi connectivity index (χ4n) is 1.40. The van der Waals surface area contributed by atoms with Gasteiger partial charge in [0.2, 0.25) is 0 Å². The highest BCUT2D eigenvalue weighted by Crippen LogP contribution is 2.25. The van der Waals surface area contributed by atoms with Crippen LogP contribution in [0.2, 0.25) is 10.0 Å². The van der Waals surface area contributed by atoms with Crippen LogP contribution in [0.5, 0.6) is 0 Å². The van der Waals surface area contributed by atoms with E-state index in [1.165, 1.54) is 0 Å². The molecule has 0 atom stereocenters. The number of nitrogens with two attached hydrogens (primary N) is 1. The van der Waals surface area contributed by atoms with E-state index in [-0.39, 0.29) is 0 Å². The Labute approximate surface area is 110 Å². The van der Waals surface area contributed by atoms with Crippen LogP contribution in [-0.2, 0) is 0 Å². The van der Waals surface area contributed by atoms with Gasteiger partial charge in [-0.2, -0.15) is 0 Å². The van der Waals surface area contributed by atoms with Gasteiger partial charge in [0.05, 0.1) is 15.7 Å². The van der Waals surface area contributed by atoms with Crippen molar-refractivity contribution < 1.29 is 0 Å². The molecular weight excluding hydrogens is 255 g/mol. The number of para-hydroxylation sites is 1. The van der Waals surface area contributed by atoms with E-state index >= 15 is 0 Å². The molecule has 0 aliphatic rings. The molecular formula is C13H10Cl2N2. The molecule has 0 aliphatic heterocycles. The zero-order valence-corrected chi connectivity index (χ0v) is 10.4. The highest BCUT2D eigenvalue weighted by molar-refractivity contribution is 6.34. The average Bonchev–Trinajstić information content (AvgIpc) is 2.32. The number of rotatable bonds is 2. The molecule has 17 heavy (non-hydrogen) atoms. The van der Waals surface area contributed by atoms with Crippen LogP contribution in [0.15, 0.2) is 53.5 Å². The van der Waals surface area contributed by atoms with Crippen LogP contribution in [0.25, 0.3) is 0 Å². The predicted octanol–water partition coefficient (Wildman–Crippen LogP) is 4.03. The molecule has 0 spiro atoms. The van der Waals surface area contributed by atoms with Gasteiger partial charge in [-0.25, -0.2) is 4.99 Å². The maximum Gasteiger partial charge on any atom is 0.132 e. The molecule has 2 N–H and O–H groups in total. The Morgan fingerprint density at radius 2 is 1.47 bits per heavy atom. The quantitative estimate of drug-likeness (QED) is 0.646. The molecule has 2 nitrogen and oxygen atoms in total. The molecule has 0 saturated heterocycles. The van der Waals surface area contributed by atoms with E-state index in [1.807, 2.05) is 30.3 Å². The lowest BCUT2D eigenvalue weighted by atomic mass is 10.2. The Bertz CT molecular complexity index is 565. The van der Waals surface area contributed by atoms with Crippen molar-refractivity contribution in [3.8, 4) is 0 Å². The predicted molar refractivity (Wildman–Crippen MR) is 73.3 cm³/mol. The van der Waals surface area contributed by atoms with Crippen molar-refractivity contribution in [2.45, 2.75) is 0 Å². The lowest BCUT2D eigenvalue weighted by molar-refractivity contribution is 1.45. The summed E-state index contributed by atoms with van der Waals surface area (Å²) in [6.45, 7) is 0. The second kappa shape index (κ2) is 5.21. The SMILES string of the molecule is NC(=Nc1ccccc1Cl)c1ccccc1Cl. The first-order valence-corrected chi connectivity index (χ1v) is 5.77. The molecule has 0 aliphatic carbocycles. The van der Waals surface area contributed by atoms with Gasteiger partial charge in [-0.15, -0.1) is 0 Å². The summed E-state index contributed by atoms with van der Waals surface area (Å²) in [6.07, 6.45) is 0. The minimum absolute atomic E-state index is 0.351. The summed E-state index contributed by atoms with van der Waals surface area (Å²) in [5.74, 6) is 0.351. The van der Waals surface area contributed by atoms with E-state index in [0.29, 0.717) is 27.1 Å². The highest BCUT2D eigenvalue weighted by atomic mass is 35.5. The molecule has 0 heterocycles. The summed E-state index contributed by atoms with van der Waals surface area (Å²) in [5.41, 5.74) is 7.24. The third-order valence-electron chi connectivity index (χ3n) is 2.24. The fourth-order valence-corrected chi connectivity index (χ4v) is 1.81. The summed E-state index contributed by atoms with van der Waals surface area (Å²) < 4.78 is 0. The van der Waals surface area contributed by atoms with Crippen LogP contribution in [0.1, 0.15) is 5.56 Å². The Morgan fingerprint density at radius 3 is 2.12 bits per heavy atom. The van der Waals surface area contributed by atoms with E-state index < -0.39 is 0 Å². The molecule has 4 heteroatoms. The van der Waals surface area contributed by atoms with Crippen molar-refractivity contribution in [1.29, 1.82) is 0 Å². The molecule has 0 bridgehead atoms. The van der Waals surface area contributed by atoms with Crippen LogP contribution in [0.4, 0.5) is 5.69 Å². The number of hydrogen-bond donors (Lipinski definition) is 1. The maximum absolute atomic E-state index is 6.03. The molecule has 2 rings (SSSR count). The van der Waals surface area contributed by atoms with Crippen LogP contribution < -0.4 is 5.73 Å². The second-order valence-corrected chi connectivity index (χ2v) is 4.24. The van der Waals surface area contributed by atoms with E-state index in [9.17, 15) is 0 Å². The van der Waals surface area contributed by atoms with Gasteiger partial charge in [0, 0.05) is 5.56 Å². The van der Waals surface area contributed by atoms with Gasteiger partial charge in [0.25, 0.3) is 0 Å². The van der Waals surface area contributed by atoms with Crippen molar-refractivity contribution in [3.05, 3.63) is 64.1 Å². The number of halogens is 2. The fraction of sp³-hybridized carbons (Fsp3) is 0. The first kappa shape index (κ1) is 12.0. The smallest absolute Gasteiger partial charge is 0.132 e. The van der Waals surface area contributed by atoms with Crippen LogP contribution in [0, 0.1) is 0 Å². The monoisotopic (exact) mass is 264 g/mol. The Hall–Kier alpha value is -1.51. The summed E-state index contributed by atoms with van der Waals surface area (Å²) in [7, 11) is 0. The molecule has 0 fully saturated rings. The lowest BCUT2D eigenvalue weighted by Crippen LogP contribution is -2.13. The van der Waals surface area contributed by atoms with Gasteiger partial charge >= 0.3 is 0 Å². The largest absolute Gasteiger partial charge is 0.383 e. The van der Waals surface area contributed by atoms with Gasteiger partial charge in [-0.1, -0.05) is 47.5 Å². The van der Waals surface area contributed by atoms with Crippen molar-refractivity contribution in [3.63, 3.8) is 0 Å². The zero-order chi connectivity index (χ0) is 12.3. The molecule has 2 aromatic carbocycles. The summed E-state index contributed by atoms with van der Waals surface area (Å²) >= 11 is 12.0. The number of nitrogens with zero attached hydrogens (tertiary/aromatic N) is 1. The molecule has 0 saturated carbocycles. The van der Waals surface area contributed by atoms with Crippen molar-refractivity contribution >= 4 is 34.7 Å². The zero-order valence-electron chi connectivity index (χ0n) is 8.90. The number of hydrogen-bond acceptors (Lipinski definition) is 1. The number of amidine groups is 1. The molecule has 0 radical (unpaired) electrons. The summed E-state index contributed by atoms with van der Waals surface area (Å²) in [5, 5.41) is 1.13. The Balaban J connectivity index is 2.42. The number of benzene rings is 2. The third-order valence-corrected chi connectivity index (χ3v) is 2.89. The molecule has 86 valence electrons. The molecule has 0 aromatic heterocycles. The van der Waals surface area contributed by atoms with Gasteiger partial charge in [0.1, 0.15) is 5.84 Å². The number of aliphatic imine (C=N–C) groups is 1. The van der Waals surface area contributed by atoms with Crippen LogP contribution in [0.3, 0.4) is 0 Å². The standard InChI is InChI=1S/C13H10Cl2N2/c14-10-6-2-1-5-9(10)13(16)17-12-8-4-3-7-11(12)15/h1-8H,(H2,16,17). The molecule has 0 unspecified atom stereocenters. The molecule has 2 aromatic rings. The summed E-state index contributed by atoms with van der Waals surface area (Å²) in [4.78, 5) is 4.27. The summed E-state index contributed by atoms with van der Waals surface area (Å²) in [6, 6.07) is 14.5. The van der Waals surface area contributed by atoms with Gasteiger partial charge in [-0.3, -0.25) is 0 Å². The van der Waals surface area contributed by atoms with Crippen LogP contribution >= 0.6 is 23.2 Å². The molecule has 0 amide bonds. The average molecular weight is 265 g/mol. The minimum Gasteiger partial charge on any atom is -0.383 e. The Kier molecular flexibility index (Phi) is 3.67. The van der Waals surface area contributed by atoms with Gasteiger partial charge in [0.15, 0.2) is 0 Å². The van der Waals surface area contributed by atoms with Crippen molar-refractivity contribution in [2.75, 3.05) is 0 Å². The maximum atomic E-state index is 6.03. The topological polar surface area (TPSA) is 38.4 Å². The van der Waals surface area contributed by atoms with E-state index in [4.69, 9.17) is 28.9 Å². The first-order chi connectivity index (χ1) is 8.18. The Morgan fingerprint density at radius 1 is 0.882 bits per heavy atom. The lowest BCUT2D eigenvalue weighted by Gasteiger charge is -2.04. The van der Waals surface area contributed by atoms with Gasteiger partial charge in [-0.05, 0) is 24.3 Å². The third kappa shape index (κ3) is 2.78. The van der Waals surface area contributed by atoms with E-state index in [2.05, 4.69) is 4.99 Å². The first-order valence-electron chi connectivity index (χ1n) is 5.02. The van der Waals surface area contributed by atoms with Crippen LogP contribution in [-0.4, -0.2) is 5.84 Å². The normalized spacial score (nSPS) is 11.5. The minimum atomic E-state index is 0.351. The van der Waals surface area contributed by atoms with E-state index in [1.54, 1.807) is 18.2 Å². The van der Waals surface area contributed by atoms with E-state index in [0.717, 1.165) is 0 Å².